The fourth-order valence-electron chi connectivity index (χ4n) is 3.29. The Morgan fingerprint density at radius 3 is 3.16 bits per heavy atom. The quantitative estimate of drug-likeness (QED) is 0.806. The number of hydrogen-bond donors (Lipinski definition) is 0. The standard InChI is InChI=1S/C14H19N3O2/c1-2-13-12-4-6-17(8-11(12)9-19-13)14(18)10-3-5-15-16-7-10/h3,5,7,11-13H,2,4,6,8-9H2,1H3/t11-,12-,13-/m1/s1. The van der Waals surface area contributed by atoms with Crippen molar-refractivity contribution in [1.82, 2.24) is 15.1 Å². The maximum Gasteiger partial charge on any atom is 0.255 e. The summed E-state index contributed by atoms with van der Waals surface area (Å²) in [5.74, 6) is 1.19. The summed E-state index contributed by atoms with van der Waals surface area (Å²) in [4.78, 5) is 14.3. The van der Waals surface area contributed by atoms with Gasteiger partial charge >= 0.3 is 0 Å². The molecule has 102 valence electrons. The Balaban J connectivity index is 1.68. The second-order valence-electron chi connectivity index (χ2n) is 5.37. The predicted molar refractivity (Wildman–Crippen MR) is 69.6 cm³/mol. The average molecular weight is 261 g/mol. The first kappa shape index (κ1) is 12.5. The van der Waals surface area contributed by atoms with E-state index in [0.29, 0.717) is 23.5 Å². The Bertz CT molecular complexity index is 451. The molecule has 3 heterocycles. The van der Waals surface area contributed by atoms with Gasteiger partial charge in [-0.05, 0) is 24.8 Å². The normalized spacial score (nSPS) is 30.2. The molecule has 0 aliphatic carbocycles. The zero-order chi connectivity index (χ0) is 13.2. The van der Waals surface area contributed by atoms with Crippen molar-refractivity contribution in [3.63, 3.8) is 0 Å². The lowest BCUT2D eigenvalue weighted by Gasteiger charge is -2.35. The molecule has 2 aliphatic heterocycles. The monoisotopic (exact) mass is 261 g/mol. The molecule has 0 spiro atoms. The number of ether oxygens (including phenoxy) is 1. The maximum absolute atomic E-state index is 12.4. The summed E-state index contributed by atoms with van der Waals surface area (Å²) in [7, 11) is 0. The van der Waals surface area contributed by atoms with E-state index in [-0.39, 0.29) is 5.91 Å². The highest BCUT2D eigenvalue weighted by Crippen LogP contribution is 2.35. The molecule has 0 saturated carbocycles. The van der Waals surface area contributed by atoms with Crippen molar-refractivity contribution >= 4 is 5.91 Å². The molecule has 5 heteroatoms. The van der Waals surface area contributed by atoms with Gasteiger partial charge in [-0.3, -0.25) is 4.79 Å². The SMILES string of the molecule is CC[C@H]1OC[C@H]2CN(C(=O)c3ccnnc3)CC[C@H]21. The fraction of sp³-hybridized carbons (Fsp3) is 0.643. The molecule has 5 nitrogen and oxygen atoms in total. The Kier molecular flexibility index (Phi) is 3.46. The lowest BCUT2D eigenvalue weighted by molar-refractivity contribution is 0.0607. The third-order valence-electron chi connectivity index (χ3n) is 4.32. The predicted octanol–water partition coefficient (Wildman–Crippen LogP) is 1.36. The third kappa shape index (κ3) is 2.34. The summed E-state index contributed by atoms with van der Waals surface area (Å²) in [6.45, 7) is 4.60. The van der Waals surface area contributed by atoms with Crippen LogP contribution in [0.4, 0.5) is 0 Å². The summed E-state index contributed by atoms with van der Waals surface area (Å²) in [5.41, 5.74) is 0.624. The van der Waals surface area contributed by atoms with Crippen LogP contribution in [0.1, 0.15) is 30.1 Å². The van der Waals surface area contributed by atoms with Crippen LogP contribution < -0.4 is 0 Å². The maximum atomic E-state index is 12.4. The van der Waals surface area contributed by atoms with Crippen LogP contribution in [0.25, 0.3) is 0 Å². The lowest BCUT2D eigenvalue weighted by Crippen LogP contribution is -2.44. The molecule has 0 aromatic carbocycles. The van der Waals surface area contributed by atoms with Gasteiger partial charge in [0.05, 0.1) is 30.7 Å². The van der Waals surface area contributed by atoms with E-state index in [2.05, 4.69) is 17.1 Å². The number of carbonyl (C=O) groups excluding carboxylic acids is 1. The van der Waals surface area contributed by atoms with Crippen LogP contribution in [0.15, 0.2) is 18.5 Å². The first-order valence-electron chi connectivity index (χ1n) is 6.97. The molecule has 1 amide bonds. The van der Waals surface area contributed by atoms with Crippen molar-refractivity contribution in [2.24, 2.45) is 11.8 Å². The molecular weight excluding hydrogens is 242 g/mol. The number of amides is 1. The van der Waals surface area contributed by atoms with Crippen LogP contribution >= 0.6 is 0 Å². The lowest BCUT2D eigenvalue weighted by atomic mass is 9.83. The highest BCUT2D eigenvalue weighted by Gasteiger charge is 2.40. The van der Waals surface area contributed by atoms with Crippen LogP contribution in [0.5, 0.6) is 0 Å². The van der Waals surface area contributed by atoms with E-state index >= 15 is 0 Å². The van der Waals surface area contributed by atoms with Crippen molar-refractivity contribution < 1.29 is 9.53 Å². The molecule has 2 fully saturated rings. The van der Waals surface area contributed by atoms with Crippen molar-refractivity contribution in [2.75, 3.05) is 19.7 Å². The summed E-state index contributed by atoms with van der Waals surface area (Å²) < 4.78 is 5.82. The summed E-state index contributed by atoms with van der Waals surface area (Å²) in [6.07, 6.45) is 5.61. The molecule has 0 radical (unpaired) electrons. The van der Waals surface area contributed by atoms with Crippen LogP contribution in [0.3, 0.4) is 0 Å². The first-order chi connectivity index (χ1) is 9.29. The molecular formula is C14H19N3O2. The Morgan fingerprint density at radius 2 is 2.42 bits per heavy atom. The van der Waals surface area contributed by atoms with E-state index in [0.717, 1.165) is 32.5 Å². The molecule has 3 atom stereocenters. The molecule has 19 heavy (non-hydrogen) atoms. The Labute approximate surface area is 113 Å². The highest BCUT2D eigenvalue weighted by atomic mass is 16.5. The number of fused-ring (bicyclic) bond motifs is 1. The van der Waals surface area contributed by atoms with Gasteiger partial charge in [0.1, 0.15) is 0 Å². The van der Waals surface area contributed by atoms with E-state index in [1.54, 1.807) is 12.3 Å². The van der Waals surface area contributed by atoms with E-state index in [9.17, 15) is 4.79 Å². The number of hydrogen-bond acceptors (Lipinski definition) is 4. The molecule has 1 aromatic heterocycles. The van der Waals surface area contributed by atoms with Crippen molar-refractivity contribution in [3.8, 4) is 0 Å². The van der Waals surface area contributed by atoms with Gasteiger partial charge < -0.3 is 9.64 Å². The van der Waals surface area contributed by atoms with E-state index in [1.807, 2.05) is 4.90 Å². The van der Waals surface area contributed by atoms with Gasteiger partial charge in [0, 0.05) is 19.0 Å². The van der Waals surface area contributed by atoms with Crippen molar-refractivity contribution in [3.05, 3.63) is 24.0 Å². The Morgan fingerprint density at radius 1 is 1.53 bits per heavy atom. The second kappa shape index (κ2) is 5.25. The van der Waals surface area contributed by atoms with E-state index in [4.69, 9.17) is 4.74 Å². The average Bonchev–Trinajstić information content (AvgIpc) is 2.89. The number of aromatic nitrogens is 2. The van der Waals surface area contributed by atoms with Crippen LogP contribution in [0, 0.1) is 11.8 Å². The molecule has 0 N–H and O–H groups in total. The number of piperidine rings is 1. The van der Waals surface area contributed by atoms with E-state index in [1.165, 1.54) is 6.20 Å². The third-order valence-corrected chi connectivity index (χ3v) is 4.32. The summed E-state index contributed by atoms with van der Waals surface area (Å²) in [5, 5.41) is 7.48. The van der Waals surface area contributed by atoms with Crippen molar-refractivity contribution in [1.29, 1.82) is 0 Å². The zero-order valence-corrected chi connectivity index (χ0v) is 11.2. The minimum Gasteiger partial charge on any atom is -0.378 e. The fourth-order valence-corrected chi connectivity index (χ4v) is 3.29. The van der Waals surface area contributed by atoms with Gasteiger partial charge in [-0.2, -0.15) is 10.2 Å². The number of rotatable bonds is 2. The zero-order valence-electron chi connectivity index (χ0n) is 11.2. The van der Waals surface area contributed by atoms with Crippen LogP contribution in [0.2, 0.25) is 0 Å². The Hall–Kier alpha value is -1.49. The van der Waals surface area contributed by atoms with Gasteiger partial charge in [-0.1, -0.05) is 6.92 Å². The number of nitrogens with zero attached hydrogens (tertiary/aromatic N) is 3. The van der Waals surface area contributed by atoms with Gasteiger partial charge in [0.2, 0.25) is 0 Å². The van der Waals surface area contributed by atoms with Crippen LogP contribution in [-0.4, -0.2) is 46.8 Å². The highest BCUT2D eigenvalue weighted by molar-refractivity contribution is 5.93. The molecule has 2 aliphatic rings. The van der Waals surface area contributed by atoms with Gasteiger partial charge in [0.25, 0.3) is 5.91 Å². The molecule has 2 saturated heterocycles. The molecule has 1 aromatic rings. The van der Waals surface area contributed by atoms with Gasteiger partial charge in [-0.15, -0.1) is 0 Å². The number of likely N-dealkylation sites (tertiary alicyclic amines) is 1. The largest absolute Gasteiger partial charge is 0.378 e. The topological polar surface area (TPSA) is 55.3 Å². The van der Waals surface area contributed by atoms with Gasteiger partial charge in [0.15, 0.2) is 0 Å². The summed E-state index contributed by atoms with van der Waals surface area (Å²) in [6, 6.07) is 1.72. The minimum atomic E-state index is 0.0632. The minimum absolute atomic E-state index is 0.0632. The summed E-state index contributed by atoms with van der Waals surface area (Å²) >= 11 is 0. The molecule has 0 unspecified atom stereocenters. The van der Waals surface area contributed by atoms with Gasteiger partial charge in [-0.25, -0.2) is 0 Å². The number of carbonyl (C=O) groups is 1. The van der Waals surface area contributed by atoms with Crippen molar-refractivity contribution in [2.45, 2.75) is 25.9 Å². The first-order valence-corrected chi connectivity index (χ1v) is 6.97. The van der Waals surface area contributed by atoms with E-state index < -0.39 is 0 Å². The second-order valence-corrected chi connectivity index (χ2v) is 5.37. The molecule has 3 rings (SSSR count). The smallest absolute Gasteiger partial charge is 0.255 e. The van der Waals surface area contributed by atoms with Crippen LogP contribution in [-0.2, 0) is 4.74 Å². The molecule has 0 bridgehead atoms.